The van der Waals surface area contributed by atoms with Gasteiger partial charge in [-0.1, -0.05) is 22.0 Å². The minimum atomic E-state index is 0.960. The highest BCUT2D eigenvalue weighted by Crippen LogP contribution is 2.30. The minimum Gasteiger partial charge on any atom is -0.317 e. The lowest BCUT2D eigenvalue weighted by molar-refractivity contribution is 0.962. The van der Waals surface area contributed by atoms with Gasteiger partial charge < -0.3 is 4.57 Å². The van der Waals surface area contributed by atoms with Crippen LogP contribution in [0.15, 0.2) is 62.5 Å². The third-order valence-corrected chi connectivity index (χ3v) is 6.05. The van der Waals surface area contributed by atoms with Crippen molar-refractivity contribution >= 4 is 66.4 Å². The molecule has 0 spiro atoms. The maximum absolute atomic E-state index is 4.64. The Morgan fingerprint density at radius 1 is 1.00 bits per heavy atom. The van der Waals surface area contributed by atoms with Crippen molar-refractivity contribution in [3.05, 3.63) is 78.0 Å². The van der Waals surface area contributed by atoms with Crippen molar-refractivity contribution in [1.29, 1.82) is 0 Å². The lowest BCUT2D eigenvalue weighted by Gasteiger charge is -2.09. The third-order valence-electron chi connectivity index (χ3n) is 3.85. The van der Waals surface area contributed by atoms with Crippen LogP contribution < -0.4 is 0 Å². The fraction of sp³-hybridized carbons (Fsp3) is 0.105. The number of hydrogen-bond acceptors (Lipinski definition) is 1. The van der Waals surface area contributed by atoms with Crippen LogP contribution in [0.3, 0.4) is 0 Å². The van der Waals surface area contributed by atoms with E-state index in [1.807, 2.05) is 18.3 Å². The first-order valence-electron chi connectivity index (χ1n) is 7.40. The van der Waals surface area contributed by atoms with E-state index in [9.17, 15) is 0 Å². The fourth-order valence-electron chi connectivity index (χ4n) is 2.65. The van der Waals surface area contributed by atoms with Gasteiger partial charge in [-0.15, -0.1) is 0 Å². The maximum Gasteiger partial charge on any atom is 0.0640 e. The van der Waals surface area contributed by atoms with Gasteiger partial charge in [0.2, 0.25) is 0 Å². The minimum absolute atomic E-state index is 0.960. The van der Waals surface area contributed by atoms with Crippen LogP contribution in [0, 0.1) is 17.4 Å². The smallest absolute Gasteiger partial charge is 0.0640 e. The third kappa shape index (κ3) is 3.68. The number of aliphatic imine (C=N–C) groups is 1. The molecule has 0 aliphatic heterocycles. The van der Waals surface area contributed by atoms with Crippen LogP contribution in [0.2, 0.25) is 0 Å². The zero-order valence-electron chi connectivity index (χ0n) is 13.2. The molecule has 0 atom stereocenters. The summed E-state index contributed by atoms with van der Waals surface area (Å²) in [5, 5.41) is 0. The first kappa shape index (κ1) is 17.9. The topological polar surface area (TPSA) is 17.3 Å². The number of hydrogen-bond donors (Lipinski definition) is 0. The van der Waals surface area contributed by atoms with Gasteiger partial charge >= 0.3 is 0 Å². The molecule has 1 heterocycles. The molecule has 122 valence electrons. The van der Waals surface area contributed by atoms with E-state index in [4.69, 9.17) is 0 Å². The van der Waals surface area contributed by atoms with E-state index in [2.05, 4.69) is 114 Å². The fourth-order valence-corrected chi connectivity index (χ4v) is 4.00. The first-order chi connectivity index (χ1) is 11.5. The lowest BCUT2D eigenvalue weighted by atomic mass is 10.2. The van der Waals surface area contributed by atoms with Crippen LogP contribution in [0.5, 0.6) is 0 Å². The van der Waals surface area contributed by atoms with Gasteiger partial charge in [0.25, 0.3) is 0 Å². The molecule has 1 aromatic heterocycles. The highest BCUT2D eigenvalue weighted by atomic mass is 127. The first-order valence-corrected chi connectivity index (χ1v) is 10.1. The Kier molecular flexibility index (Phi) is 5.62. The van der Waals surface area contributed by atoms with Crippen molar-refractivity contribution in [3.8, 4) is 5.69 Å². The summed E-state index contributed by atoms with van der Waals surface area (Å²) in [6.45, 7) is 4.23. The molecule has 5 heteroatoms. The van der Waals surface area contributed by atoms with Crippen molar-refractivity contribution in [1.82, 2.24) is 4.57 Å². The Morgan fingerprint density at radius 2 is 1.71 bits per heavy atom. The SMILES string of the molecule is Cc1c(Br)c(C=Nc2cccc(I)c2)c(C)n1-c1ccc(Br)cc1. The van der Waals surface area contributed by atoms with Crippen molar-refractivity contribution in [3.63, 3.8) is 0 Å². The van der Waals surface area contributed by atoms with Gasteiger partial charge in [0.05, 0.1) is 5.69 Å². The Bertz CT molecular complexity index is 912. The molecule has 0 unspecified atom stereocenters. The molecular formula is C19H15Br2IN2. The van der Waals surface area contributed by atoms with Gasteiger partial charge in [0, 0.05) is 41.4 Å². The summed E-state index contributed by atoms with van der Waals surface area (Å²) < 4.78 is 5.58. The molecule has 24 heavy (non-hydrogen) atoms. The summed E-state index contributed by atoms with van der Waals surface area (Å²) in [5.41, 5.74) is 5.54. The average molecular weight is 558 g/mol. The monoisotopic (exact) mass is 556 g/mol. The predicted octanol–water partition coefficient (Wildman–Crippen LogP) is 6.97. The van der Waals surface area contributed by atoms with Crippen molar-refractivity contribution in [2.45, 2.75) is 13.8 Å². The summed E-state index contributed by atoms with van der Waals surface area (Å²) in [6, 6.07) is 16.5. The van der Waals surface area contributed by atoms with E-state index < -0.39 is 0 Å². The van der Waals surface area contributed by atoms with Gasteiger partial charge in [0.1, 0.15) is 0 Å². The van der Waals surface area contributed by atoms with E-state index in [1.54, 1.807) is 0 Å². The Labute approximate surface area is 172 Å². The Morgan fingerprint density at radius 3 is 2.38 bits per heavy atom. The molecule has 3 aromatic rings. The van der Waals surface area contributed by atoms with Gasteiger partial charge in [-0.3, -0.25) is 4.99 Å². The van der Waals surface area contributed by atoms with E-state index in [1.165, 1.54) is 9.26 Å². The van der Waals surface area contributed by atoms with Crippen LogP contribution in [0.4, 0.5) is 5.69 Å². The zero-order valence-corrected chi connectivity index (χ0v) is 18.6. The molecule has 0 radical (unpaired) electrons. The van der Waals surface area contributed by atoms with Gasteiger partial charge in [-0.2, -0.15) is 0 Å². The van der Waals surface area contributed by atoms with Gasteiger partial charge in [-0.05, 0) is 94.8 Å². The molecule has 0 N–H and O–H groups in total. The summed E-state index contributed by atoms with van der Waals surface area (Å²) in [6.07, 6.45) is 1.94. The predicted molar refractivity (Wildman–Crippen MR) is 117 cm³/mol. The molecule has 0 aliphatic carbocycles. The van der Waals surface area contributed by atoms with Gasteiger partial charge in [-0.25, -0.2) is 0 Å². The van der Waals surface area contributed by atoms with Crippen molar-refractivity contribution < 1.29 is 0 Å². The largest absolute Gasteiger partial charge is 0.317 e. The second kappa shape index (κ2) is 7.54. The molecule has 2 aromatic carbocycles. The summed E-state index contributed by atoms with van der Waals surface area (Å²) in [7, 11) is 0. The molecule has 0 amide bonds. The standard InChI is InChI=1S/C19H15Br2IN2/c1-12-18(11-23-16-5-3-4-15(22)10-16)19(21)13(2)24(12)17-8-6-14(20)7-9-17/h3-11H,1-2H3. The highest BCUT2D eigenvalue weighted by Gasteiger charge is 2.15. The highest BCUT2D eigenvalue weighted by molar-refractivity contribution is 14.1. The quantitative estimate of drug-likeness (QED) is 0.244. The number of halogens is 3. The second-order valence-electron chi connectivity index (χ2n) is 5.45. The molecule has 0 aliphatic rings. The maximum atomic E-state index is 4.64. The molecule has 3 rings (SSSR count). The summed E-state index contributed by atoms with van der Waals surface area (Å²) in [4.78, 5) is 4.64. The van der Waals surface area contributed by atoms with E-state index in [-0.39, 0.29) is 0 Å². The zero-order chi connectivity index (χ0) is 17.3. The number of benzene rings is 2. The van der Waals surface area contributed by atoms with E-state index in [0.29, 0.717) is 0 Å². The van der Waals surface area contributed by atoms with Crippen LogP contribution in [0.25, 0.3) is 5.69 Å². The second-order valence-corrected chi connectivity index (χ2v) is 8.40. The normalized spacial score (nSPS) is 11.4. The van der Waals surface area contributed by atoms with E-state index in [0.717, 1.165) is 31.6 Å². The number of rotatable bonds is 3. The molecule has 0 bridgehead atoms. The molecule has 0 fully saturated rings. The average Bonchev–Trinajstić information content (AvgIpc) is 2.77. The van der Waals surface area contributed by atoms with Gasteiger partial charge in [0.15, 0.2) is 0 Å². The number of aromatic nitrogens is 1. The van der Waals surface area contributed by atoms with E-state index >= 15 is 0 Å². The van der Waals surface area contributed by atoms with Crippen LogP contribution in [-0.2, 0) is 0 Å². The summed E-state index contributed by atoms with van der Waals surface area (Å²) in [5.74, 6) is 0. The Balaban J connectivity index is 2.04. The molecular weight excluding hydrogens is 543 g/mol. The number of nitrogens with zero attached hydrogens (tertiary/aromatic N) is 2. The molecule has 2 nitrogen and oxygen atoms in total. The molecule has 0 saturated heterocycles. The van der Waals surface area contributed by atoms with Crippen LogP contribution in [-0.4, -0.2) is 10.8 Å². The molecule has 0 saturated carbocycles. The lowest BCUT2D eigenvalue weighted by Crippen LogP contribution is -1.99. The van der Waals surface area contributed by atoms with Crippen molar-refractivity contribution in [2.75, 3.05) is 0 Å². The van der Waals surface area contributed by atoms with Crippen LogP contribution in [0.1, 0.15) is 17.0 Å². The van der Waals surface area contributed by atoms with Crippen molar-refractivity contribution in [2.24, 2.45) is 4.99 Å². The summed E-state index contributed by atoms with van der Waals surface area (Å²) >= 11 is 9.52. The Hall–Kier alpha value is -0.920. The van der Waals surface area contributed by atoms with Crippen LogP contribution >= 0.6 is 54.5 Å².